The molecule has 4 atom stereocenters. The lowest BCUT2D eigenvalue weighted by molar-refractivity contribution is -0.124. The van der Waals surface area contributed by atoms with Crippen LogP contribution in [0.25, 0.3) is 0 Å². The van der Waals surface area contributed by atoms with Gasteiger partial charge in [-0.3, -0.25) is 13.8 Å². The molecule has 0 rings (SSSR count). The van der Waals surface area contributed by atoms with Crippen LogP contribution in [0.4, 0.5) is 0 Å². The fourth-order valence-electron chi connectivity index (χ4n) is 7.37. The number of nitrogens with one attached hydrogen (secondary N) is 1. The normalized spacial score (nSPS) is 14.7. The van der Waals surface area contributed by atoms with Gasteiger partial charge in [0.2, 0.25) is 5.91 Å². The van der Waals surface area contributed by atoms with E-state index in [1.54, 1.807) is 6.08 Å². The van der Waals surface area contributed by atoms with Crippen molar-refractivity contribution in [2.45, 2.75) is 257 Å². The predicted octanol–water partition coefficient (Wildman–Crippen LogP) is 13.1. The summed E-state index contributed by atoms with van der Waals surface area (Å²) < 4.78 is 22.1. The van der Waals surface area contributed by atoms with Gasteiger partial charge in [0.1, 0.15) is 0 Å². The first-order valence-electron chi connectivity index (χ1n) is 24.5. The molecule has 6 N–H and O–H groups in total. The van der Waals surface area contributed by atoms with E-state index < -0.39 is 38.6 Å². The van der Waals surface area contributed by atoms with Crippen LogP contribution >= 0.6 is 7.82 Å². The Morgan fingerprint density at radius 3 is 1.43 bits per heavy atom. The maximum atomic E-state index is 12.8. The third-order valence-corrected chi connectivity index (χ3v) is 12.1. The topological polar surface area (TPSA) is 151 Å². The van der Waals surface area contributed by atoms with Gasteiger partial charge in [0.05, 0.1) is 37.9 Å². The minimum Gasteiger partial charge on any atom is -0.393 e. The number of hydrogen-bond donors (Lipinski definition) is 5. The second kappa shape index (κ2) is 44.0. The molecule has 0 fully saturated rings. The Morgan fingerprint density at radius 2 is 0.983 bits per heavy atom. The number of phosphoric acid groups is 1. The highest BCUT2D eigenvalue weighted by Gasteiger charge is 2.27. The van der Waals surface area contributed by atoms with Gasteiger partial charge in [-0.25, -0.2) is 4.57 Å². The molecule has 0 saturated carbocycles. The van der Waals surface area contributed by atoms with Gasteiger partial charge in [0.15, 0.2) is 0 Å². The number of carbonyl (C=O) groups excluding carboxylic acids is 1. The standard InChI is InChI=1S/C48H95N2O7P/c1-3-5-7-9-11-13-15-17-19-20-21-22-23-24-26-28-30-32-34-36-38-40-47(52)46(44-57-58(54,55)56-42-41-49)50-48(53)43-45(51)39-37-35-33-31-29-27-25-18-16-14-12-10-8-6-4-2/h30,32,38,40,45-47,51-52H,3-29,31,33-37,39,41-44,49H2,1-2H3,(H,50,53)(H,54,55)/b32-30+,40-38+. The molecule has 0 saturated heterocycles. The Balaban J connectivity index is 4.26. The SMILES string of the molecule is CCCCCCCCCCCCCCCCC/C=C/CC/C=C/C(O)C(COP(=O)(O)OCCN)NC(=O)CC(O)CCCCCCCCCCCCCCCCC. The molecule has 10 heteroatoms. The molecular formula is C48H95N2O7P. The largest absolute Gasteiger partial charge is 0.472 e. The molecular weight excluding hydrogens is 748 g/mol. The Kier molecular flexibility index (Phi) is 43.2. The second-order valence-corrected chi connectivity index (χ2v) is 18.3. The highest BCUT2D eigenvalue weighted by molar-refractivity contribution is 7.47. The third-order valence-electron chi connectivity index (χ3n) is 11.1. The fraction of sp³-hybridized carbons (Fsp3) is 0.896. The zero-order valence-corrected chi connectivity index (χ0v) is 38.8. The molecule has 4 unspecified atom stereocenters. The number of allylic oxidation sites excluding steroid dienone is 3. The molecule has 1 amide bonds. The first-order chi connectivity index (χ1) is 28.3. The number of nitrogens with two attached hydrogens (primary N) is 1. The average Bonchev–Trinajstić information content (AvgIpc) is 3.20. The van der Waals surface area contributed by atoms with Crippen molar-refractivity contribution in [3.05, 3.63) is 24.3 Å². The van der Waals surface area contributed by atoms with Crippen molar-refractivity contribution in [3.8, 4) is 0 Å². The number of amides is 1. The van der Waals surface area contributed by atoms with Gasteiger partial charge in [0.25, 0.3) is 0 Å². The lowest BCUT2D eigenvalue weighted by atomic mass is 10.0. The Bertz CT molecular complexity index is 982. The van der Waals surface area contributed by atoms with Crippen LogP contribution in [-0.2, 0) is 18.4 Å². The number of aliphatic hydroxyl groups is 2. The molecule has 0 aliphatic carbocycles. The van der Waals surface area contributed by atoms with Crippen LogP contribution in [0.5, 0.6) is 0 Å². The van der Waals surface area contributed by atoms with Gasteiger partial charge < -0.3 is 26.2 Å². The summed E-state index contributed by atoms with van der Waals surface area (Å²) in [7, 11) is -4.41. The van der Waals surface area contributed by atoms with Crippen molar-refractivity contribution in [2.24, 2.45) is 5.73 Å². The third kappa shape index (κ3) is 41.7. The van der Waals surface area contributed by atoms with E-state index in [2.05, 4.69) is 31.3 Å². The number of phosphoric ester groups is 1. The van der Waals surface area contributed by atoms with Gasteiger partial charge >= 0.3 is 7.82 Å². The molecule has 0 heterocycles. The second-order valence-electron chi connectivity index (χ2n) is 16.9. The van der Waals surface area contributed by atoms with Crippen molar-refractivity contribution < 1.29 is 33.5 Å². The number of rotatable bonds is 46. The zero-order valence-electron chi connectivity index (χ0n) is 37.9. The van der Waals surface area contributed by atoms with Gasteiger partial charge in [0, 0.05) is 6.54 Å². The van der Waals surface area contributed by atoms with Crippen molar-refractivity contribution in [1.29, 1.82) is 0 Å². The number of aliphatic hydroxyl groups excluding tert-OH is 2. The van der Waals surface area contributed by atoms with E-state index >= 15 is 0 Å². The summed E-state index contributed by atoms with van der Waals surface area (Å²) in [6.45, 7) is 3.98. The summed E-state index contributed by atoms with van der Waals surface area (Å²) in [5.74, 6) is -0.452. The van der Waals surface area contributed by atoms with E-state index in [9.17, 15) is 24.5 Å². The van der Waals surface area contributed by atoms with Crippen LogP contribution in [-0.4, -0.2) is 59.0 Å². The number of carbonyl (C=O) groups is 1. The van der Waals surface area contributed by atoms with Crippen LogP contribution in [0.2, 0.25) is 0 Å². The van der Waals surface area contributed by atoms with Gasteiger partial charge in [-0.1, -0.05) is 224 Å². The monoisotopic (exact) mass is 843 g/mol. The minimum atomic E-state index is -4.41. The van der Waals surface area contributed by atoms with Crippen LogP contribution < -0.4 is 11.1 Å². The van der Waals surface area contributed by atoms with Crippen molar-refractivity contribution in [1.82, 2.24) is 5.32 Å². The molecule has 0 spiro atoms. The summed E-state index contributed by atoms with van der Waals surface area (Å²) in [4.78, 5) is 22.8. The molecule has 9 nitrogen and oxygen atoms in total. The first kappa shape index (κ1) is 56.9. The quantitative estimate of drug-likeness (QED) is 0.0231. The highest BCUT2D eigenvalue weighted by atomic mass is 31.2. The van der Waals surface area contributed by atoms with Crippen LogP contribution in [0.15, 0.2) is 24.3 Å². The fourth-order valence-corrected chi connectivity index (χ4v) is 8.13. The Morgan fingerprint density at radius 1 is 0.586 bits per heavy atom. The molecule has 0 aromatic rings. The summed E-state index contributed by atoms with van der Waals surface area (Å²) in [5, 5.41) is 24.1. The molecule has 0 aliphatic rings. The molecule has 344 valence electrons. The van der Waals surface area contributed by atoms with E-state index in [0.717, 1.165) is 32.1 Å². The molecule has 0 aliphatic heterocycles. The molecule has 0 radical (unpaired) electrons. The van der Waals surface area contributed by atoms with Crippen LogP contribution in [0.3, 0.4) is 0 Å². The van der Waals surface area contributed by atoms with Crippen molar-refractivity contribution >= 4 is 13.7 Å². The lowest BCUT2D eigenvalue weighted by Gasteiger charge is -2.24. The maximum absolute atomic E-state index is 12.8. The smallest absolute Gasteiger partial charge is 0.393 e. The molecule has 58 heavy (non-hydrogen) atoms. The maximum Gasteiger partial charge on any atom is 0.472 e. The number of hydrogen-bond acceptors (Lipinski definition) is 7. The van der Waals surface area contributed by atoms with Crippen LogP contribution in [0.1, 0.15) is 239 Å². The average molecular weight is 843 g/mol. The summed E-state index contributed by atoms with van der Waals surface area (Å²) in [6, 6.07) is -0.996. The minimum absolute atomic E-state index is 0.0462. The summed E-state index contributed by atoms with van der Waals surface area (Å²) in [6.07, 6.45) is 48.4. The van der Waals surface area contributed by atoms with E-state index in [-0.39, 0.29) is 19.6 Å². The predicted molar refractivity (Wildman–Crippen MR) is 246 cm³/mol. The van der Waals surface area contributed by atoms with E-state index in [1.165, 1.54) is 173 Å². The lowest BCUT2D eigenvalue weighted by Crippen LogP contribution is -2.46. The Labute approximate surface area is 358 Å². The molecule has 0 aromatic heterocycles. The highest BCUT2D eigenvalue weighted by Crippen LogP contribution is 2.43. The van der Waals surface area contributed by atoms with Gasteiger partial charge in [-0.2, -0.15) is 0 Å². The summed E-state index contributed by atoms with van der Waals surface area (Å²) in [5.41, 5.74) is 5.37. The van der Waals surface area contributed by atoms with E-state index in [1.807, 2.05) is 6.08 Å². The molecule has 0 bridgehead atoms. The number of unbranched alkanes of at least 4 members (excludes halogenated alkanes) is 30. The van der Waals surface area contributed by atoms with Crippen molar-refractivity contribution in [3.63, 3.8) is 0 Å². The Hall–Kier alpha value is -1.06. The zero-order chi connectivity index (χ0) is 42.6. The van der Waals surface area contributed by atoms with Crippen molar-refractivity contribution in [2.75, 3.05) is 19.8 Å². The molecule has 0 aromatic carbocycles. The van der Waals surface area contributed by atoms with E-state index in [0.29, 0.717) is 12.8 Å². The van der Waals surface area contributed by atoms with Gasteiger partial charge in [-0.05, 0) is 32.1 Å². The summed E-state index contributed by atoms with van der Waals surface area (Å²) >= 11 is 0. The van der Waals surface area contributed by atoms with Gasteiger partial charge in [-0.15, -0.1) is 0 Å². The first-order valence-corrected chi connectivity index (χ1v) is 26.0. The van der Waals surface area contributed by atoms with Crippen LogP contribution in [0, 0.1) is 0 Å². The van der Waals surface area contributed by atoms with E-state index in [4.69, 9.17) is 14.8 Å².